The first-order valence-electron chi connectivity index (χ1n) is 8.38. The maximum Gasteiger partial charge on any atom is 0.242 e. The Balaban J connectivity index is 2.63. The minimum atomic E-state index is -0.588. The maximum absolute atomic E-state index is 13.0. The lowest BCUT2D eigenvalue weighted by Gasteiger charge is -2.28. The number of hydrogen-bond acceptors (Lipinski definition) is 3. The van der Waals surface area contributed by atoms with Crippen molar-refractivity contribution in [2.24, 2.45) is 0 Å². The zero-order chi connectivity index (χ0) is 17.9. The molecule has 6 heteroatoms. The summed E-state index contributed by atoms with van der Waals surface area (Å²) < 4.78 is 18.2. The third-order valence-corrected chi connectivity index (χ3v) is 3.70. The van der Waals surface area contributed by atoms with E-state index in [1.807, 2.05) is 6.92 Å². The molecule has 0 fully saturated rings. The first kappa shape index (κ1) is 20.1. The Morgan fingerprint density at radius 1 is 1.25 bits per heavy atom. The van der Waals surface area contributed by atoms with Gasteiger partial charge in [0.25, 0.3) is 0 Å². The summed E-state index contributed by atoms with van der Waals surface area (Å²) >= 11 is 0. The molecule has 1 N–H and O–H groups in total. The predicted molar refractivity (Wildman–Crippen MR) is 90.8 cm³/mol. The molecule has 134 valence electrons. The summed E-state index contributed by atoms with van der Waals surface area (Å²) in [6.45, 7) is 7.42. The standard InChI is InChI=1S/C18H27FN2O3/c1-4-17(22)21(13-15-7-9-16(19)10-8-15)14(3)18(23)20-11-6-12-24-5-2/h7-10,14H,4-6,11-13H2,1-3H3,(H,20,23)/t14-/m1/s1. The van der Waals surface area contributed by atoms with E-state index in [0.717, 1.165) is 12.0 Å². The molecule has 0 bridgehead atoms. The van der Waals surface area contributed by atoms with Crippen LogP contribution in [-0.4, -0.2) is 42.5 Å². The SMILES string of the molecule is CCOCCCNC(=O)[C@@H](C)N(Cc1ccc(F)cc1)C(=O)CC. The molecule has 0 saturated carbocycles. The lowest BCUT2D eigenvalue weighted by atomic mass is 10.1. The molecular weight excluding hydrogens is 311 g/mol. The van der Waals surface area contributed by atoms with Crippen molar-refractivity contribution in [3.8, 4) is 0 Å². The average molecular weight is 338 g/mol. The summed E-state index contributed by atoms with van der Waals surface area (Å²) in [5.74, 6) is -0.640. The van der Waals surface area contributed by atoms with Gasteiger partial charge in [-0.3, -0.25) is 9.59 Å². The fourth-order valence-corrected chi connectivity index (χ4v) is 2.25. The molecule has 1 aromatic rings. The van der Waals surface area contributed by atoms with E-state index in [1.165, 1.54) is 17.0 Å². The minimum Gasteiger partial charge on any atom is -0.382 e. The highest BCUT2D eigenvalue weighted by Crippen LogP contribution is 2.11. The number of benzene rings is 1. The van der Waals surface area contributed by atoms with Crippen LogP contribution in [0.25, 0.3) is 0 Å². The summed E-state index contributed by atoms with van der Waals surface area (Å²) in [5, 5.41) is 2.82. The van der Waals surface area contributed by atoms with Crippen molar-refractivity contribution in [3.63, 3.8) is 0 Å². The molecular formula is C18H27FN2O3. The highest BCUT2D eigenvalue weighted by Gasteiger charge is 2.24. The number of halogens is 1. The van der Waals surface area contributed by atoms with E-state index in [4.69, 9.17) is 4.74 Å². The lowest BCUT2D eigenvalue weighted by molar-refractivity contribution is -0.140. The average Bonchev–Trinajstić information content (AvgIpc) is 2.59. The topological polar surface area (TPSA) is 58.6 Å². The Kier molecular flexibility index (Phi) is 9.01. The Morgan fingerprint density at radius 2 is 1.92 bits per heavy atom. The second-order valence-corrected chi connectivity index (χ2v) is 5.52. The normalized spacial score (nSPS) is 11.8. The van der Waals surface area contributed by atoms with Gasteiger partial charge in [-0.1, -0.05) is 19.1 Å². The number of carbonyl (C=O) groups is 2. The van der Waals surface area contributed by atoms with Gasteiger partial charge in [0.1, 0.15) is 11.9 Å². The molecule has 0 aliphatic rings. The van der Waals surface area contributed by atoms with Gasteiger partial charge in [0.2, 0.25) is 11.8 Å². The Morgan fingerprint density at radius 3 is 2.50 bits per heavy atom. The number of nitrogens with zero attached hydrogens (tertiary/aromatic N) is 1. The third-order valence-electron chi connectivity index (χ3n) is 3.70. The highest BCUT2D eigenvalue weighted by molar-refractivity contribution is 5.87. The van der Waals surface area contributed by atoms with Gasteiger partial charge in [0.05, 0.1) is 0 Å². The monoisotopic (exact) mass is 338 g/mol. The number of rotatable bonds is 10. The zero-order valence-corrected chi connectivity index (χ0v) is 14.7. The zero-order valence-electron chi connectivity index (χ0n) is 14.7. The molecule has 0 aliphatic carbocycles. The van der Waals surface area contributed by atoms with Gasteiger partial charge >= 0.3 is 0 Å². The lowest BCUT2D eigenvalue weighted by Crippen LogP contribution is -2.47. The van der Waals surface area contributed by atoms with E-state index in [-0.39, 0.29) is 24.2 Å². The van der Waals surface area contributed by atoms with Gasteiger partial charge in [-0.25, -0.2) is 4.39 Å². The van der Waals surface area contributed by atoms with Crippen LogP contribution < -0.4 is 5.32 Å². The molecule has 0 heterocycles. The van der Waals surface area contributed by atoms with Gasteiger partial charge in [0.15, 0.2) is 0 Å². The van der Waals surface area contributed by atoms with Crippen molar-refractivity contribution >= 4 is 11.8 Å². The van der Waals surface area contributed by atoms with E-state index in [1.54, 1.807) is 26.0 Å². The first-order valence-corrected chi connectivity index (χ1v) is 8.38. The predicted octanol–water partition coefficient (Wildman–Crippen LogP) is 2.50. The van der Waals surface area contributed by atoms with Crippen LogP contribution in [0.15, 0.2) is 24.3 Å². The quantitative estimate of drug-likeness (QED) is 0.667. The van der Waals surface area contributed by atoms with Gasteiger partial charge in [-0.15, -0.1) is 0 Å². The second-order valence-electron chi connectivity index (χ2n) is 5.52. The largest absolute Gasteiger partial charge is 0.382 e. The van der Waals surface area contributed by atoms with E-state index in [0.29, 0.717) is 26.2 Å². The van der Waals surface area contributed by atoms with E-state index < -0.39 is 6.04 Å². The molecule has 0 radical (unpaired) electrons. The molecule has 1 rings (SSSR count). The molecule has 5 nitrogen and oxygen atoms in total. The molecule has 1 atom stereocenters. The van der Waals surface area contributed by atoms with Gasteiger partial charge < -0.3 is 15.0 Å². The number of carbonyl (C=O) groups excluding carboxylic acids is 2. The van der Waals surface area contributed by atoms with Crippen LogP contribution >= 0.6 is 0 Å². The Labute approximate surface area is 143 Å². The van der Waals surface area contributed by atoms with Crippen LogP contribution in [0.1, 0.15) is 39.2 Å². The van der Waals surface area contributed by atoms with Crippen LogP contribution in [0.4, 0.5) is 4.39 Å². The molecule has 0 unspecified atom stereocenters. The molecule has 0 saturated heterocycles. The number of ether oxygens (including phenoxy) is 1. The molecule has 2 amide bonds. The molecule has 0 aliphatic heterocycles. The fourth-order valence-electron chi connectivity index (χ4n) is 2.25. The summed E-state index contributed by atoms with van der Waals surface area (Å²) in [6.07, 6.45) is 1.04. The van der Waals surface area contributed by atoms with Crippen molar-refractivity contribution in [1.29, 1.82) is 0 Å². The van der Waals surface area contributed by atoms with Crippen molar-refractivity contribution in [1.82, 2.24) is 10.2 Å². The summed E-state index contributed by atoms with van der Waals surface area (Å²) in [6, 6.07) is 5.36. The van der Waals surface area contributed by atoms with E-state index in [9.17, 15) is 14.0 Å². The van der Waals surface area contributed by atoms with Crippen molar-refractivity contribution in [3.05, 3.63) is 35.6 Å². The van der Waals surface area contributed by atoms with Crippen LogP contribution in [0.5, 0.6) is 0 Å². The molecule has 0 spiro atoms. The van der Waals surface area contributed by atoms with Crippen molar-refractivity contribution < 1.29 is 18.7 Å². The smallest absolute Gasteiger partial charge is 0.242 e. The number of nitrogens with one attached hydrogen (secondary N) is 1. The first-order chi connectivity index (χ1) is 11.5. The summed E-state index contributed by atoms with van der Waals surface area (Å²) in [4.78, 5) is 26.0. The Bertz CT molecular complexity index is 520. The van der Waals surface area contributed by atoms with Crippen LogP contribution in [0.2, 0.25) is 0 Å². The van der Waals surface area contributed by atoms with Crippen molar-refractivity contribution in [2.75, 3.05) is 19.8 Å². The minimum absolute atomic E-state index is 0.115. The maximum atomic E-state index is 13.0. The van der Waals surface area contributed by atoms with Crippen LogP contribution in [-0.2, 0) is 20.9 Å². The second kappa shape index (κ2) is 10.8. The third kappa shape index (κ3) is 6.66. The van der Waals surface area contributed by atoms with Gasteiger partial charge in [-0.05, 0) is 38.0 Å². The van der Waals surface area contributed by atoms with E-state index >= 15 is 0 Å². The van der Waals surface area contributed by atoms with Gasteiger partial charge in [-0.2, -0.15) is 0 Å². The van der Waals surface area contributed by atoms with Gasteiger partial charge in [0, 0.05) is 32.7 Å². The van der Waals surface area contributed by atoms with Crippen LogP contribution in [0, 0.1) is 5.82 Å². The van der Waals surface area contributed by atoms with Crippen LogP contribution in [0.3, 0.4) is 0 Å². The summed E-state index contributed by atoms with van der Waals surface area (Å²) in [7, 11) is 0. The molecule has 1 aromatic carbocycles. The Hall–Kier alpha value is -1.95. The highest BCUT2D eigenvalue weighted by atomic mass is 19.1. The van der Waals surface area contributed by atoms with Crippen molar-refractivity contribution in [2.45, 2.75) is 46.2 Å². The molecule has 24 heavy (non-hydrogen) atoms. The summed E-state index contributed by atoms with van der Waals surface area (Å²) in [5.41, 5.74) is 0.786. The number of amides is 2. The van der Waals surface area contributed by atoms with E-state index in [2.05, 4.69) is 5.32 Å². The fraction of sp³-hybridized carbons (Fsp3) is 0.556. The molecule has 0 aromatic heterocycles. The number of hydrogen-bond donors (Lipinski definition) is 1.